The van der Waals surface area contributed by atoms with Crippen molar-refractivity contribution in [2.24, 2.45) is 0 Å². The third-order valence-electron chi connectivity index (χ3n) is 5.93. The van der Waals surface area contributed by atoms with Crippen LogP contribution in [0.4, 0.5) is 5.69 Å². The monoisotopic (exact) mass is 474 g/mol. The molecular formula is C26H22N2O7. The van der Waals surface area contributed by atoms with Gasteiger partial charge in [0.05, 0.1) is 25.3 Å². The van der Waals surface area contributed by atoms with Gasteiger partial charge in [-0.2, -0.15) is 0 Å². The van der Waals surface area contributed by atoms with E-state index in [0.717, 1.165) is 11.1 Å². The lowest BCUT2D eigenvalue weighted by Crippen LogP contribution is -2.32. The van der Waals surface area contributed by atoms with Crippen LogP contribution < -0.4 is 14.8 Å². The van der Waals surface area contributed by atoms with Crippen molar-refractivity contribution in [2.75, 3.05) is 26.3 Å². The summed E-state index contributed by atoms with van der Waals surface area (Å²) in [7, 11) is 2.53. The molecule has 1 amide bonds. The SMILES string of the molecule is COC(=O)c1cc(N[C@@H]2c3ccccc3C(=O)N2Cc2ccc3c(c2)OCO3)cc(C(=O)OC)c1. The van der Waals surface area contributed by atoms with Crippen molar-refractivity contribution in [1.82, 2.24) is 4.90 Å². The lowest BCUT2D eigenvalue weighted by atomic mass is 10.1. The van der Waals surface area contributed by atoms with E-state index in [2.05, 4.69) is 5.32 Å². The van der Waals surface area contributed by atoms with E-state index in [0.29, 0.717) is 29.3 Å². The van der Waals surface area contributed by atoms with E-state index >= 15 is 0 Å². The fraction of sp³-hybridized carbons (Fsp3) is 0.192. The Balaban J connectivity index is 1.51. The van der Waals surface area contributed by atoms with Crippen molar-refractivity contribution in [3.8, 4) is 11.5 Å². The maximum Gasteiger partial charge on any atom is 0.337 e. The standard InChI is InChI=1S/C26H22N2O7/c1-32-25(30)16-10-17(26(31)33-2)12-18(11-16)27-23-19-5-3-4-6-20(19)24(29)28(23)13-15-7-8-21-22(9-15)35-14-34-21/h3-12,23,27H,13-14H2,1-2H3/t23-/m0/s1. The molecule has 178 valence electrons. The van der Waals surface area contributed by atoms with Gasteiger partial charge in [0.25, 0.3) is 5.91 Å². The van der Waals surface area contributed by atoms with Crippen molar-refractivity contribution < 1.29 is 33.3 Å². The number of anilines is 1. The van der Waals surface area contributed by atoms with Gasteiger partial charge in [-0.05, 0) is 42.0 Å². The molecule has 0 aromatic heterocycles. The van der Waals surface area contributed by atoms with Crippen LogP contribution in [0, 0.1) is 0 Å². The van der Waals surface area contributed by atoms with Crippen LogP contribution in [0.5, 0.6) is 11.5 Å². The topological polar surface area (TPSA) is 103 Å². The second-order valence-corrected chi connectivity index (χ2v) is 8.04. The highest BCUT2D eigenvalue weighted by Gasteiger charge is 2.37. The van der Waals surface area contributed by atoms with E-state index in [1.165, 1.54) is 20.3 Å². The van der Waals surface area contributed by atoms with Gasteiger partial charge < -0.3 is 29.2 Å². The molecule has 5 rings (SSSR count). The maximum atomic E-state index is 13.4. The van der Waals surface area contributed by atoms with Gasteiger partial charge in [-0.1, -0.05) is 24.3 Å². The van der Waals surface area contributed by atoms with E-state index in [1.54, 1.807) is 23.1 Å². The molecule has 3 aromatic rings. The smallest absolute Gasteiger partial charge is 0.337 e. The Hall–Kier alpha value is -4.53. The number of ether oxygens (including phenoxy) is 4. The summed E-state index contributed by atoms with van der Waals surface area (Å²) in [5, 5.41) is 3.32. The quantitative estimate of drug-likeness (QED) is 0.539. The predicted molar refractivity (Wildman–Crippen MR) is 124 cm³/mol. The molecule has 0 spiro atoms. The number of fused-ring (bicyclic) bond motifs is 2. The first-order valence-corrected chi connectivity index (χ1v) is 10.8. The number of carbonyl (C=O) groups excluding carboxylic acids is 3. The molecule has 2 aliphatic heterocycles. The van der Waals surface area contributed by atoms with Gasteiger partial charge in [-0.25, -0.2) is 9.59 Å². The predicted octanol–water partition coefficient (Wildman–Crippen LogP) is 3.76. The lowest BCUT2D eigenvalue weighted by molar-refractivity contribution is 0.0597. The van der Waals surface area contributed by atoms with Crippen molar-refractivity contribution in [2.45, 2.75) is 12.7 Å². The molecule has 1 N–H and O–H groups in total. The average Bonchev–Trinajstić information content (AvgIpc) is 3.46. The summed E-state index contributed by atoms with van der Waals surface area (Å²) in [6.45, 7) is 0.457. The normalized spacial score (nSPS) is 15.5. The fourth-order valence-electron chi connectivity index (χ4n) is 4.27. The van der Waals surface area contributed by atoms with Crippen molar-refractivity contribution >= 4 is 23.5 Å². The molecule has 3 aromatic carbocycles. The van der Waals surface area contributed by atoms with Gasteiger partial charge in [0, 0.05) is 23.4 Å². The van der Waals surface area contributed by atoms with Crippen molar-refractivity contribution in [3.63, 3.8) is 0 Å². The highest BCUT2D eigenvalue weighted by molar-refractivity contribution is 6.00. The summed E-state index contributed by atoms with van der Waals surface area (Å²) in [5.74, 6) is -0.0509. The number of carbonyl (C=O) groups is 3. The summed E-state index contributed by atoms with van der Waals surface area (Å²) < 4.78 is 20.5. The maximum absolute atomic E-state index is 13.4. The first-order chi connectivity index (χ1) is 17.0. The molecule has 0 bridgehead atoms. The van der Waals surface area contributed by atoms with Gasteiger partial charge in [-0.3, -0.25) is 4.79 Å². The first-order valence-electron chi connectivity index (χ1n) is 10.8. The number of methoxy groups -OCH3 is 2. The Bertz CT molecular complexity index is 1300. The molecule has 2 heterocycles. The number of hydrogen-bond donors (Lipinski definition) is 1. The van der Waals surface area contributed by atoms with Crippen LogP contribution in [0.15, 0.2) is 60.7 Å². The van der Waals surface area contributed by atoms with E-state index in [4.69, 9.17) is 18.9 Å². The lowest BCUT2D eigenvalue weighted by Gasteiger charge is -2.27. The largest absolute Gasteiger partial charge is 0.465 e. The third-order valence-corrected chi connectivity index (χ3v) is 5.93. The van der Waals surface area contributed by atoms with Crippen molar-refractivity contribution in [1.29, 1.82) is 0 Å². The number of esters is 2. The average molecular weight is 474 g/mol. The number of benzene rings is 3. The number of nitrogens with one attached hydrogen (secondary N) is 1. The zero-order valence-corrected chi connectivity index (χ0v) is 19.1. The Morgan fingerprint density at radius 3 is 2.34 bits per heavy atom. The van der Waals surface area contributed by atoms with E-state index in [9.17, 15) is 14.4 Å². The second kappa shape index (κ2) is 9.02. The molecule has 2 aliphatic rings. The third kappa shape index (κ3) is 4.12. The van der Waals surface area contributed by atoms with Crippen LogP contribution in [-0.4, -0.2) is 43.8 Å². The van der Waals surface area contributed by atoms with E-state index in [1.807, 2.05) is 36.4 Å². The van der Waals surface area contributed by atoms with Crippen molar-refractivity contribution in [3.05, 3.63) is 88.5 Å². The van der Waals surface area contributed by atoms with Crippen LogP contribution in [-0.2, 0) is 16.0 Å². The van der Waals surface area contributed by atoms with Crippen LogP contribution in [0.2, 0.25) is 0 Å². The molecule has 0 unspecified atom stereocenters. The van der Waals surface area contributed by atoms with Crippen LogP contribution in [0.1, 0.15) is 48.4 Å². The Kier molecular flexibility index (Phi) is 5.74. The van der Waals surface area contributed by atoms with Crippen LogP contribution >= 0.6 is 0 Å². The summed E-state index contributed by atoms with van der Waals surface area (Å²) in [6, 6.07) is 17.4. The number of nitrogens with zero attached hydrogens (tertiary/aromatic N) is 1. The molecule has 0 saturated carbocycles. The van der Waals surface area contributed by atoms with Gasteiger partial charge in [0.15, 0.2) is 11.5 Å². The van der Waals surface area contributed by atoms with E-state index in [-0.39, 0.29) is 23.8 Å². The minimum atomic E-state index is -0.598. The highest BCUT2D eigenvalue weighted by Crippen LogP contribution is 2.38. The first kappa shape index (κ1) is 22.3. The van der Waals surface area contributed by atoms with Gasteiger partial charge >= 0.3 is 11.9 Å². The zero-order valence-electron chi connectivity index (χ0n) is 19.1. The minimum absolute atomic E-state index is 0.145. The molecule has 0 aliphatic carbocycles. The van der Waals surface area contributed by atoms with Gasteiger partial charge in [0.2, 0.25) is 6.79 Å². The molecule has 1 atom stereocenters. The van der Waals surface area contributed by atoms with Gasteiger partial charge in [0.1, 0.15) is 6.17 Å². The number of hydrogen-bond acceptors (Lipinski definition) is 8. The van der Waals surface area contributed by atoms with Gasteiger partial charge in [-0.15, -0.1) is 0 Å². The molecular weight excluding hydrogens is 452 g/mol. The zero-order chi connectivity index (χ0) is 24.5. The highest BCUT2D eigenvalue weighted by atomic mass is 16.7. The summed E-state index contributed by atoms with van der Waals surface area (Å²) in [6.07, 6.45) is -0.553. The summed E-state index contributed by atoms with van der Waals surface area (Å²) in [4.78, 5) is 39.5. The molecule has 0 saturated heterocycles. The number of amides is 1. The molecule has 35 heavy (non-hydrogen) atoms. The van der Waals surface area contributed by atoms with Crippen LogP contribution in [0.25, 0.3) is 0 Å². The molecule has 0 radical (unpaired) electrons. The van der Waals surface area contributed by atoms with Crippen LogP contribution in [0.3, 0.4) is 0 Å². The minimum Gasteiger partial charge on any atom is -0.465 e. The van der Waals surface area contributed by atoms with E-state index < -0.39 is 18.1 Å². The Labute approximate surface area is 201 Å². The molecule has 9 heteroatoms. The number of rotatable bonds is 6. The Morgan fingerprint density at radius 2 is 1.63 bits per heavy atom. The Morgan fingerprint density at radius 1 is 0.943 bits per heavy atom. The summed E-state index contributed by atoms with van der Waals surface area (Å²) >= 11 is 0. The molecule has 0 fully saturated rings. The fourth-order valence-corrected chi connectivity index (χ4v) is 4.27. The molecule has 9 nitrogen and oxygen atoms in total. The summed E-state index contributed by atoms with van der Waals surface area (Å²) in [5.41, 5.74) is 3.03. The second-order valence-electron chi connectivity index (χ2n) is 8.04.